The third-order valence-corrected chi connectivity index (χ3v) is 2.67. The second-order valence-corrected chi connectivity index (χ2v) is 4.10. The fraction of sp³-hybridized carbons (Fsp3) is 0.308. The molecule has 0 saturated carbocycles. The average Bonchev–Trinajstić information content (AvgIpc) is 2.79. The van der Waals surface area contributed by atoms with Crippen LogP contribution in [0.2, 0.25) is 0 Å². The second kappa shape index (κ2) is 5.01. The van der Waals surface area contributed by atoms with Crippen molar-refractivity contribution in [3.05, 3.63) is 47.5 Å². The van der Waals surface area contributed by atoms with Crippen LogP contribution in [0.15, 0.2) is 30.5 Å². The van der Waals surface area contributed by atoms with E-state index >= 15 is 0 Å². The Labute approximate surface area is 101 Å². The van der Waals surface area contributed by atoms with E-state index in [9.17, 15) is 0 Å². The lowest BCUT2D eigenvalue weighted by molar-refractivity contribution is 0.414. The number of aromatic nitrogens is 2. The topological polar surface area (TPSA) is 63.9 Å². The smallest absolute Gasteiger partial charge is 0.118 e. The molecular weight excluding hydrogens is 214 g/mol. The van der Waals surface area contributed by atoms with Gasteiger partial charge >= 0.3 is 0 Å². The van der Waals surface area contributed by atoms with E-state index in [0.29, 0.717) is 0 Å². The van der Waals surface area contributed by atoms with Crippen molar-refractivity contribution >= 4 is 0 Å². The van der Waals surface area contributed by atoms with E-state index in [2.05, 4.69) is 9.97 Å². The van der Waals surface area contributed by atoms with Crippen LogP contribution in [0.25, 0.3) is 0 Å². The number of H-pyrrole nitrogens is 1. The maximum absolute atomic E-state index is 5.77. The fourth-order valence-corrected chi connectivity index (χ4v) is 1.64. The molecule has 0 aliphatic carbocycles. The van der Waals surface area contributed by atoms with Crippen LogP contribution >= 0.6 is 0 Å². The zero-order valence-corrected chi connectivity index (χ0v) is 10.1. The second-order valence-electron chi connectivity index (χ2n) is 4.10. The maximum Gasteiger partial charge on any atom is 0.118 e. The Morgan fingerprint density at radius 3 is 2.59 bits per heavy atom. The molecule has 0 spiro atoms. The normalized spacial score (nSPS) is 12.4. The van der Waals surface area contributed by atoms with Gasteiger partial charge in [0.25, 0.3) is 0 Å². The molecule has 1 unspecified atom stereocenters. The first-order valence-corrected chi connectivity index (χ1v) is 5.61. The molecule has 90 valence electrons. The van der Waals surface area contributed by atoms with E-state index in [4.69, 9.17) is 10.5 Å². The van der Waals surface area contributed by atoms with Gasteiger partial charge < -0.3 is 15.5 Å². The highest BCUT2D eigenvalue weighted by Gasteiger charge is 2.05. The lowest BCUT2D eigenvalue weighted by Crippen LogP contribution is -2.05. The number of nitrogens with two attached hydrogens (primary N) is 1. The van der Waals surface area contributed by atoms with Gasteiger partial charge in [-0.3, -0.25) is 0 Å². The number of benzene rings is 1. The summed E-state index contributed by atoms with van der Waals surface area (Å²) in [5.41, 5.74) is 7.93. The van der Waals surface area contributed by atoms with Crippen molar-refractivity contribution in [3.8, 4) is 5.75 Å². The standard InChI is InChI=1S/C13H17N3O/c1-9(14)12-8-15-13(16-12)7-10-3-5-11(17-2)6-4-10/h3-6,8-9H,7,14H2,1-2H3,(H,15,16). The molecule has 0 aliphatic rings. The summed E-state index contributed by atoms with van der Waals surface area (Å²) in [5, 5.41) is 0. The van der Waals surface area contributed by atoms with Crippen LogP contribution < -0.4 is 10.5 Å². The summed E-state index contributed by atoms with van der Waals surface area (Å²) in [6, 6.07) is 7.96. The first-order valence-electron chi connectivity index (χ1n) is 5.61. The molecule has 0 aliphatic heterocycles. The van der Waals surface area contributed by atoms with Crippen LogP contribution in [0.4, 0.5) is 0 Å². The molecule has 0 radical (unpaired) electrons. The van der Waals surface area contributed by atoms with Gasteiger partial charge in [-0.2, -0.15) is 0 Å². The number of hydrogen-bond donors (Lipinski definition) is 2. The van der Waals surface area contributed by atoms with Gasteiger partial charge in [-0.1, -0.05) is 12.1 Å². The molecule has 1 heterocycles. The van der Waals surface area contributed by atoms with E-state index in [0.717, 1.165) is 23.7 Å². The number of methoxy groups -OCH3 is 1. The van der Waals surface area contributed by atoms with Crippen LogP contribution in [0, 0.1) is 0 Å². The Morgan fingerprint density at radius 1 is 1.35 bits per heavy atom. The molecule has 4 heteroatoms. The average molecular weight is 231 g/mol. The van der Waals surface area contributed by atoms with Crippen molar-refractivity contribution in [1.82, 2.24) is 9.97 Å². The molecule has 17 heavy (non-hydrogen) atoms. The van der Waals surface area contributed by atoms with E-state index in [-0.39, 0.29) is 6.04 Å². The predicted molar refractivity (Wildman–Crippen MR) is 67.0 cm³/mol. The predicted octanol–water partition coefficient (Wildman–Crippen LogP) is 2.03. The number of nitrogens with one attached hydrogen (secondary N) is 1. The number of ether oxygens (including phenoxy) is 1. The monoisotopic (exact) mass is 231 g/mol. The zero-order valence-electron chi connectivity index (χ0n) is 10.1. The zero-order chi connectivity index (χ0) is 12.3. The molecule has 0 amide bonds. The minimum atomic E-state index is -0.00730. The maximum atomic E-state index is 5.77. The van der Waals surface area contributed by atoms with Crippen LogP contribution in [-0.4, -0.2) is 17.1 Å². The quantitative estimate of drug-likeness (QED) is 0.846. The van der Waals surface area contributed by atoms with Gasteiger partial charge in [0.1, 0.15) is 11.6 Å². The van der Waals surface area contributed by atoms with Gasteiger partial charge in [0.2, 0.25) is 0 Å². The van der Waals surface area contributed by atoms with Crippen LogP contribution in [0.5, 0.6) is 5.75 Å². The Bertz CT molecular complexity index is 474. The molecule has 2 aromatic rings. The first kappa shape index (κ1) is 11.7. The Balaban J connectivity index is 2.08. The van der Waals surface area contributed by atoms with Gasteiger partial charge in [-0.05, 0) is 24.6 Å². The molecule has 0 saturated heterocycles. The molecule has 4 nitrogen and oxygen atoms in total. The van der Waals surface area contributed by atoms with Crippen LogP contribution in [-0.2, 0) is 6.42 Å². The summed E-state index contributed by atoms with van der Waals surface area (Å²) >= 11 is 0. The van der Waals surface area contributed by atoms with Crippen molar-refractivity contribution < 1.29 is 4.74 Å². The van der Waals surface area contributed by atoms with E-state index in [1.165, 1.54) is 5.56 Å². The highest BCUT2D eigenvalue weighted by molar-refractivity contribution is 5.29. The van der Waals surface area contributed by atoms with Crippen LogP contribution in [0.3, 0.4) is 0 Å². The number of hydrogen-bond acceptors (Lipinski definition) is 3. The van der Waals surface area contributed by atoms with Crippen molar-refractivity contribution in [2.24, 2.45) is 5.73 Å². The Morgan fingerprint density at radius 2 is 2.06 bits per heavy atom. The summed E-state index contributed by atoms with van der Waals surface area (Å²) in [4.78, 5) is 7.53. The number of imidazole rings is 1. The lowest BCUT2D eigenvalue weighted by Gasteiger charge is -2.02. The van der Waals surface area contributed by atoms with Crippen molar-refractivity contribution in [1.29, 1.82) is 0 Å². The lowest BCUT2D eigenvalue weighted by atomic mass is 10.1. The third-order valence-electron chi connectivity index (χ3n) is 2.67. The van der Waals surface area contributed by atoms with E-state index in [1.807, 2.05) is 31.2 Å². The third kappa shape index (κ3) is 2.85. The summed E-state index contributed by atoms with van der Waals surface area (Å²) in [6.07, 6.45) is 2.57. The molecule has 1 atom stereocenters. The van der Waals surface area contributed by atoms with E-state index in [1.54, 1.807) is 13.3 Å². The highest BCUT2D eigenvalue weighted by Crippen LogP contribution is 2.14. The van der Waals surface area contributed by atoms with Crippen LogP contribution in [0.1, 0.15) is 30.0 Å². The van der Waals surface area contributed by atoms with Gasteiger partial charge in [-0.25, -0.2) is 4.98 Å². The van der Waals surface area contributed by atoms with Crippen molar-refractivity contribution in [2.75, 3.05) is 7.11 Å². The minimum absolute atomic E-state index is 0.00730. The van der Waals surface area contributed by atoms with E-state index < -0.39 is 0 Å². The molecule has 0 bridgehead atoms. The highest BCUT2D eigenvalue weighted by atomic mass is 16.5. The number of aromatic amines is 1. The first-order chi connectivity index (χ1) is 8.19. The number of rotatable bonds is 4. The molecule has 3 N–H and O–H groups in total. The molecule has 0 fully saturated rings. The minimum Gasteiger partial charge on any atom is -0.497 e. The van der Waals surface area contributed by atoms with Gasteiger partial charge in [-0.15, -0.1) is 0 Å². The van der Waals surface area contributed by atoms with Gasteiger partial charge in [0, 0.05) is 18.7 Å². The summed E-state index contributed by atoms with van der Waals surface area (Å²) in [7, 11) is 1.66. The molecular formula is C13H17N3O. The molecule has 1 aromatic heterocycles. The summed E-state index contributed by atoms with van der Waals surface area (Å²) in [6.45, 7) is 1.94. The summed E-state index contributed by atoms with van der Waals surface area (Å²) < 4.78 is 5.11. The van der Waals surface area contributed by atoms with Gasteiger partial charge in [0.05, 0.1) is 12.8 Å². The SMILES string of the molecule is COc1ccc(Cc2ncc(C(C)N)[nH]2)cc1. The Kier molecular flexibility index (Phi) is 3.44. The van der Waals surface area contributed by atoms with Gasteiger partial charge in [0.15, 0.2) is 0 Å². The number of nitrogens with zero attached hydrogens (tertiary/aromatic N) is 1. The van der Waals surface area contributed by atoms with Crippen molar-refractivity contribution in [2.45, 2.75) is 19.4 Å². The summed E-state index contributed by atoms with van der Waals surface area (Å²) in [5.74, 6) is 1.80. The van der Waals surface area contributed by atoms with Crippen molar-refractivity contribution in [3.63, 3.8) is 0 Å². The molecule has 2 rings (SSSR count). The Hall–Kier alpha value is -1.81. The largest absolute Gasteiger partial charge is 0.497 e. The molecule has 1 aromatic carbocycles. The fourth-order valence-electron chi connectivity index (χ4n) is 1.64.